The lowest BCUT2D eigenvalue weighted by atomic mass is 10.1. The van der Waals surface area contributed by atoms with Gasteiger partial charge in [-0.25, -0.2) is 13.2 Å². The molecule has 0 aromatic rings. The number of hydrogen-bond acceptors (Lipinski definition) is 4. The molecule has 21 heavy (non-hydrogen) atoms. The van der Waals surface area contributed by atoms with E-state index in [1.54, 1.807) is 0 Å². The fraction of sp³-hybridized carbons (Fsp3) is 0.929. The van der Waals surface area contributed by atoms with E-state index in [0.29, 0.717) is 24.9 Å². The Kier molecular flexibility index (Phi) is 4.40. The predicted molar refractivity (Wildman–Crippen MR) is 78.8 cm³/mol. The second kappa shape index (κ2) is 6.12. The molecule has 1 N–H and O–H groups in total. The summed E-state index contributed by atoms with van der Waals surface area (Å²) in [7, 11) is -2.87. The number of nitrogens with one attached hydrogen (secondary N) is 1. The van der Waals surface area contributed by atoms with Crippen LogP contribution in [0, 0.1) is 11.8 Å². The lowest BCUT2D eigenvalue weighted by molar-refractivity contribution is 0.161. The van der Waals surface area contributed by atoms with Crippen molar-refractivity contribution in [1.29, 1.82) is 0 Å². The van der Waals surface area contributed by atoms with Crippen LogP contribution in [0.4, 0.5) is 4.79 Å². The zero-order chi connectivity index (χ0) is 14.9. The molecule has 2 amide bonds. The summed E-state index contributed by atoms with van der Waals surface area (Å²) in [5.41, 5.74) is 0. The van der Waals surface area contributed by atoms with Gasteiger partial charge in [0.1, 0.15) is 0 Å². The van der Waals surface area contributed by atoms with Gasteiger partial charge in [-0.2, -0.15) is 0 Å². The molecule has 2 heterocycles. The Labute approximate surface area is 126 Å². The summed E-state index contributed by atoms with van der Waals surface area (Å²) in [6, 6.07) is 0.339. The van der Waals surface area contributed by atoms with Crippen molar-refractivity contribution in [3.8, 4) is 0 Å². The Morgan fingerprint density at radius 1 is 1.19 bits per heavy atom. The van der Waals surface area contributed by atoms with Gasteiger partial charge in [0.05, 0.1) is 18.1 Å². The van der Waals surface area contributed by atoms with Gasteiger partial charge in [0.15, 0.2) is 9.84 Å². The van der Waals surface area contributed by atoms with Crippen LogP contribution in [0.2, 0.25) is 0 Å². The lowest BCUT2D eigenvalue weighted by Gasteiger charge is -2.26. The summed E-state index contributed by atoms with van der Waals surface area (Å²) in [6.45, 7) is 2.78. The normalized spacial score (nSPS) is 31.2. The number of nitrogens with zero attached hydrogens (tertiary/aromatic N) is 1. The van der Waals surface area contributed by atoms with E-state index in [-0.39, 0.29) is 23.5 Å². The SMILES string of the molecule is O=C(NC[C@H]1CCS(=O)(=O)C1)N(C[C@H]1CCOC1)C1CC1. The van der Waals surface area contributed by atoms with Gasteiger partial charge < -0.3 is 15.0 Å². The van der Waals surface area contributed by atoms with E-state index in [4.69, 9.17) is 4.74 Å². The van der Waals surface area contributed by atoms with E-state index in [9.17, 15) is 13.2 Å². The van der Waals surface area contributed by atoms with Crippen molar-refractivity contribution in [3.05, 3.63) is 0 Å². The molecule has 3 fully saturated rings. The van der Waals surface area contributed by atoms with Crippen molar-refractivity contribution in [2.24, 2.45) is 11.8 Å². The van der Waals surface area contributed by atoms with Gasteiger partial charge in [-0.3, -0.25) is 0 Å². The number of rotatable bonds is 5. The minimum Gasteiger partial charge on any atom is -0.381 e. The Morgan fingerprint density at radius 2 is 2.00 bits per heavy atom. The molecule has 2 saturated heterocycles. The number of carbonyl (C=O) groups excluding carboxylic acids is 1. The van der Waals surface area contributed by atoms with E-state index in [1.807, 2.05) is 4.90 Å². The molecule has 1 aliphatic carbocycles. The van der Waals surface area contributed by atoms with Gasteiger partial charge in [0, 0.05) is 31.7 Å². The summed E-state index contributed by atoms with van der Waals surface area (Å²) in [5.74, 6) is 1.00. The maximum Gasteiger partial charge on any atom is 0.317 e. The number of amides is 2. The second-order valence-electron chi connectivity index (χ2n) is 6.57. The molecule has 0 aromatic carbocycles. The van der Waals surface area contributed by atoms with Gasteiger partial charge in [0.25, 0.3) is 0 Å². The summed E-state index contributed by atoms with van der Waals surface area (Å²) >= 11 is 0. The largest absolute Gasteiger partial charge is 0.381 e. The highest BCUT2D eigenvalue weighted by atomic mass is 32.2. The Morgan fingerprint density at radius 3 is 2.57 bits per heavy atom. The summed E-state index contributed by atoms with van der Waals surface area (Å²) < 4.78 is 28.2. The average molecular weight is 316 g/mol. The fourth-order valence-corrected chi connectivity index (χ4v) is 5.02. The number of ether oxygens (including phenoxy) is 1. The zero-order valence-electron chi connectivity index (χ0n) is 12.3. The van der Waals surface area contributed by atoms with Crippen LogP contribution in [0.3, 0.4) is 0 Å². The van der Waals surface area contributed by atoms with Crippen LogP contribution < -0.4 is 5.32 Å². The highest BCUT2D eigenvalue weighted by molar-refractivity contribution is 7.91. The first-order valence-corrected chi connectivity index (χ1v) is 9.68. The van der Waals surface area contributed by atoms with Crippen LogP contribution in [0.15, 0.2) is 0 Å². The molecule has 3 rings (SSSR count). The summed E-state index contributed by atoms with van der Waals surface area (Å²) in [5, 5.41) is 2.94. The van der Waals surface area contributed by atoms with Crippen LogP contribution >= 0.6 is 0 Å². The predicted octanol–water partition coefficient (Wildman–Crippen LogP) is 0.632. The number of urea groups is 1. The third-order valence-corrected chi connectivity index (χ3v) is 6.43. The van der Waals surface area contributed by atoms with Crippen LogP contribution in [-0.4, -0.2) is 63.2 Å². The molecule has 7 heteroatoms. The van der Waals surface area contributed by atoms with Crippen molar-refractivity contribution in [3.63, 3.8) is 0 Å². The summed E-state index contributed by atoms with van der Waals surface area (Å²) in [4.78, 5) is 14.3. The Hall–Kier alpha value is -0.820. The smallest absolute Gasteiger partial charge is 0.317 e. The van der Waals surface area contributed by atoms with Crippen LogP contribution in [0.1, 0.15) is 25.7 Å². The van der Waals surface area contributed by atoms with Crippen molar-refractivity contribution >= 4 is 15.9 Å². The van der Waals surface area contributed by atoms with E-state index in [0.717, 1.165) is 39.0 Å². The van der Waals surface area contributed by atoms with Crippen LogP contribution in [0.5, 0.6) is 0 Å². The maximum atomic E-state index is 12.4. The quantitative estimate of drug-likeness (QED) is 0.807. The summed E-state index contributed by atoms with van der Waals surface area (Å²) in [6.07, 6.45) is 3.86. The maximum absolute atomic E-state index is 12.4. The van der Waals surface area contributed by atoms with E-state index in [1.165, 1.54) is 0 Å². The molecule has 6 nitrogen and oxygen atoms in total. The van der Waals surface area contributed by atoms with Crippen LogP contribution in [-0.2, 0) is 14.6 Å². The molecule has 0 unspecified atom stereocenters. The molecule has 1 saturated carbocycles. The molecule has 0 aromatic heterocycles. The van der Waals surface area contributed by atoms with Gasteiger partial charge in [-0.05, 0) is 31.6 Å². The standard InChI is InChI=1S/C14H24N2O4S/c17-14(15-7-11-4-6-21(18,19)10-11)16(13-1-2-13)8-12-3-5-20-9-12/h11-13H,1-10H2,(H,15,17)/t11-,12-/m1/s1. The molecule has 0 radical (unpaired) electrons. The molecule has 0 bridgehead atoms. The molecule has 120 valence electrons. The first-order valence-electron chi connectivity index (χ1n) is 7.86. The molecule has 2 atom stereocenters. The number of hydrogen-bond donors (Lipinski definition) is 1. The molecule has 2 aliphatic heterocycles. The third-order valence-electron chi connectivity index (χ3n) is 4.60. The van der Waals surface area contributed by atoms with Crippen molar-refractivity contribution < 1.29 is 17.9 Å². The third kappa shape index (κ3) is 4.10. The van der Waals surface area contributed by atoms with Crippen molar-refractivity contribution in [1.82, 2.24) is 10.2 Å². The molecule has 0 spiro atoms. The zero-order valence-corrected chi connectivity index (χ0v) is 13.1. The van der Waals surface area contributed by atoms with E-state index >= 15 is 0 Å². The Balaban J connectivity index is 1.48. The topological polar surface area (TPSA) is 75.7 Å². The first kappa shape index (κ1) is 15.1. The van der Waals surface area contributed by atoms with E-state index < -0.39 is 9.84 Å². The van der Waals surface area contributed by atoms with Gasteiger partial charge in [-0.15, -0.1) is 0 Å². The highest BCUT2D eigenvalue weighted by Gasteiger charge is 2.35. The number of sulfone groups is 1. The average Bonchev–Trinajstić information content (AvgIpc) is 3.03. The molecular weight excluding hydrogens is 292 g/mol. The van der Waals surface area contributed by atoms with Crippen molar-refractivity contribution in [2.75, 3.05) is 37.8 Å². The lowest BCUT2D eigenvalue weighted by Crippen LogP contribution is -2.45. The van der Waals surface area contributed by atoms with Gasteiger partial charge in [-0.1, -0.05) is 0 Å². The minimum atomic E-state index is -2.87. The molecule has 3 aliphatic rings. The fourth-order valence-electron chi connectivity index (χ4n) is 3.16. The highest BCUT2D eigenvalue weighted by Crippen LogP contribution is 2.29. The molecular formula is C14H24N2O4S. The van der Waals surface area contributed by atoms with Gasteiger partial charge >= 0.3 is 6.03 Å². The van der Waals surface area contributed by atoms with Crippen molar-refractivity contribution in [2.45, 2.75) is 31.7 Å². The van der Waals surface area contributed by atoms with E-state index in [2.05, 4.69) is 5.32 Å². The monoisotopic (exact) mass is 316 g/mol. The number of carbonyl (C=O) groups is 1. The van der Waals surface area contributed by atoms with Gasteiger partial charge in [0.2, 0.25) is 0 Å². The Bertz CT molecular complexity index is 483. The van der Waals surface area contributed by atoms with Crippen LogP contribution in [0.25, 0.3) is 0 Å². The first-order chi connectivity index (χ1) is 10.0. The second-order valence-corrected chi connectivity index (χ2v) is 8.80. The minimum absolute atomic E-state index is 0.0336.